The Bertz CT molecular complexity index is 905. The van der Waals surface area contributed by atoms with E-state index in [1.54, 1.807) is 12.3 Å². The lowest BCUT2D eigenvalue weighted by Crippen LogP contribution is -2.14. The van der Waals surface area contributed by atoms with E-state index in [9.17, 15) is 4.79 Å². The van der Waals surface area contributed by atoms with Crippen molar-refractivity contribution < 1.29 is 4.79 Å². The summed E-state index contributed by atoms with van der Waals surface area (Å²) in [5.74, 6) is 0.576. The highest BCUT2D eigenvalue weighted by atomic mass is 16.1. The molecule has 0 saturated heterocycles. The van der Waals surface area contributed by atoms with E-state index >= 15 is 0 Å². The Morgan fingerprint density at radius 1 is 1.04 bits per heavy atom. The van der Waals surface area contributed by atoms with Gasteiger partial charge in [-0.25, -0.2) is 9.97 Å². The predicted octanol–water partition coefficient (Wildman–Crippen LogP) is 3.77. The zero-order chi connectivity index (χ0) is 17.8. The molecule has 1 amide bonds. The van der Waals surface area contributed by atoms with Crippen LogP contribution in [0.3, 0.4) is 0 Å². The summed E-state index contributed by atoms with van der Waals surface area (Å²) < 4.78 is 0. The number of hydrogen-bond donors (Lipinski definition) is 1. The van der Waals surface area contributed by atoms with E-state index in [1.807, 2.05) is 74.4 Å². The van der Waals surface area contributed by atoms with Crippen molar-refractivity contribution in [2.75, 3.05) is 24.3 Å². The molecular weight excluding hydrogens is 312 g/mol. The lowest BCUT2D eigenvalue weighted by atomic mass is 10.1. The van der Waals surface area contributed by atoms with Crippen LogP contribution in [0.5, 0.6) is 0 Å². The average Bonchev–Trinajstić information content (AvgIpc) is 2.62. The van der Waals surface area contributed by atoms with Gasteiger partial charge in [0.1, 0.15) is 5.82 Å². The van der Waals surface area contributed by atoms with Crippen LogP contribution >= 0.6 is 0 Å². The number of nitrogens with zero attached hydrogens (tertiary/aromatic N) is 3. The van der Waals surface area contributed by atoms with Crippen LogP contribution in [0.25, 0.3) is 11.3 Å². The van der Waals surface area contributed by atoms with Gasteiger partial charge in [0.05, 0.1) is 5.69 Å². The van der Waals surface area contributed by atoms with Gasteiger partial charge in [-0.15, -0.1) is 0 Å². The summed E-state index contributed by atoms with van der Waals surface area (Å²) in [5.41, 5.74) is 4.10. The quantitative estimate of drug-likeness (QED) is 0.790. The number of aryl methyl sites for hydroxylation is 1. The Balaban J connectivity index is 1.82. The third kappa shape index (κ3) is 4.01. The van der Waals surface area contributed by atoms with Crippen molar-refractivity contribution in [3.63, 3.8) is 0 Å². The van der Waals surface area contributed by atoms with Gasteiger partial charge in [0.2, 0.25) is 0 Å². The maximum Gasteiger partial charge on any atom is 0.255 e. The molecule has 0 unspecified atom stereocenters. The van der Waals surface area contributed by atoms with E-state index in [0.29, 0.717) is 11.4 Å². The van der Waals surface area contributed by atoms with Crippen molar-refractivity contribution in [3.05, 3.63) is 72.2 Å². The first-order valence-corrected chi connectivity index (χ1v) is 8.02. The Morgan fingerprint density at radius 2 is 1.84 bits per heavy atom. The highest BCUT2D eigenvalue weighted by Crippen LogP contribution is 2.21. The first-order valence-electron chi connectivity index (χ1n) is 8.02. The first-order chi connectivity index (χ1) is 12.0. The van der Waals surface area contributed by atoms with Crippen LogP contribution in [-0.2, 0) is 0 Å². The van der Waals surface area contributed by atoms with Gasteiger partial charge in [-0.1, -0.05) is 18.2 Å². The molecule has 2 aromatic carbocycles. The molecular formula is C20H20N4O. The molecule has 126 valence electrons. The molecule has 3 aromatic rings. The molecule has 3 rings (SSSR count). The van der Waals surface area contributed by atoms with Gasteiger partial charge in [0.25, 0.3) is 5.91 Å². The summed E-state index contributed by atoms with van der Waals surface area (Å²) in [6.45, 7) is 1.85. The summed E-state index contributed by atoms with van der Waals surface area (Å²) in [5, 5.41) is 2.95. The van der Waals surface area contributed by atoms with Crippen LogP contribution in [0.15, 0.2) is 60.8 Å². The zero-order valence-corrected chi connectivity index (χ0v) is 14.5. The summed E-state index contributed by atoms with van der Waals surface area (Å²) in [6.07, 6.45) is 1.73. The second kappa shape index (κ2) is 7.13. The number of benzene rings is 2. The SMILES string of the molecule is Cc1nccc(-c2cccc(NC(=O)c3cccc(N(C)C)c3)c2)n1. The third-order valence-electron chi connectivity index (χ3n) is 3.82. The molecule has 25 heavy (non-hydrogen) atoms. The van der Waals surface area contributed by atoms with Gasteiger partial charge in [-0.2, -0.15) is 0 Å². The second-order valence-corrected chi connectivity index (χ2v) is 5.97. The van der Waals surface area contributed by atoms with E-state index in [1.165, 1.54) is 0 Å². The molecule has 0 aliphatic heterocycles. The summed E-state index contributed by atoms with van der Waals surface area (Å²) in [6, 6.07) is 17.0. The van der Waals surface area contributed by atoms with Crippen molar-refractivity contribution in [1.29, 1.82) is 0 Å². The lowest BCUT2D eigenvalue weighted by molar-refractivity contribution is 0.102. The number of rotatable bonds is 4. The van der Waals surface area contributed by atoms with Crippen LogP contribution < -0.4 is 10.2 Å². The molecule has 0 atom stereocenters. The van der Waals surface area contributed by atoms with E-state index < -0.39 is 0 Å². The fraction of sp³-hybridized carbons (Fsp3) is 0.150. The molecule has 0 radical (unpaired) electrons. The fourth-order valence-corrected chi connectivity index (χ4v) is 2.50. The van der Waals surface area contributed by atoms with Gasteiger partial charge >= 0.3 is 0 Å². The molecule has 5 nitrogen and oxygen atoms in total. The minimum Gasteiger partial charge on any atom is -0.378 e. The maximum absolute atomic E-state index is 12.5. The zero-order valence-electron chi connectivity index (χ0n) is 14.5. The molecule has 0 bridgehead atoms. The monoisotopic (exact) mass is 332 g/mol. The summed E-state index contributed by atoms with van der Waals surface area (Å²) >= 11 is 0. The lowest BCUT2D eigenvalue weighted by Gasteiger charge is -2.13. The number of carbonyl (C=O) groups is 1. The summed E-state index contributed by atoms with van der Waals surface area (Å²) in [7, 11) is 3.90. The highest BCUT2D eigenvalue weighted by Gasteiger charge is 2.09. The van der Waals surface area contributed by atoms with Crippen LogP contribution in [0.1, 0.15) is 16.2 Å². The van der Waals surface area contributed by atoms with Gasteiger partial charge < -0.3 is 10.2 Å². The summed E-state index contributed by atoms with van der Waals surface area (Å²) in [4.78, 5) is 23.0. The number of amides is 1. The number of hydrogen-bond acceptors (Lipinski definition) is 4. The Kier molecular flexibility index (Phi) is 4.75. The molecule has 5 heteroatoms. The van der Waals surface area contributed by atoms with E-state index in [-0.39, 0.29) is 5.91 Å². The van der Waals surface area contributed by atoms with Crippen molar-refractivity contribution in [2.45, 2.75) is 6.92 Å². The third-order valence-corrected chi connectivity index (χ3v) is 3.82. The Labute approximate surface area is 147 Å². The topological polar surface area (TPSA) is 58.1 Å². The van der Waals surface area contributed by atoms with Crippen LogP contribution in [0, 0.1) is 6.92 Å². The van der Waals surface area contributed by atoms with E-state index in [2.05, 4.69) is 15.3 Å². The van der Waals surface area contributed by atoms with Crippen LogP contribution in [-0.4, -0.2) is 30.0 Å². The van der Waals surface area contributed by atoms with Gasteiger partial charge in [-0.3, -0.25) is 4.79 Å². The smallest absolute Gasteiger partial charge is 0.255 e. The van der Waals surface area contributed by atoms with Crippen molar-refractivity contribution in [1.82, 2.24) is 9.97 Å². The van der Waals surface area contributed by atoms with Crippen molar-refractivity contribution in [3.8, 4) is 11.3 Å². The molecule has 0 fully saturated rings. The highest BCUT2D eigenvalue weighted by molar-refractivity contribution is 6.05. The Morgan fingerprint density at radius 3 is 2.60 bits per heavy atom. The van der Waals surface area contributed by atoms with Crippen molar-refractivity contribution >= 4 is 17.3 Å². The molecule has 0 aliphatic carbocycles. The standard InChI is InChI=1S/C20H20N4O/c1-14-21-11-10-19(22-14)15-6-4-8-17(12-15)23-20(25)16-7-5-9-18(13-16)24(2)3/h4-13H,1-3H3,(H,23,25). The fourth-order valence-electron chi connectivity index (χ4n) is 2.50. The van der Waals surface area contributed by atoms with Crippen LogP contribution in [0.4, 0.5) is 11.4 Å². The first kappa shape index (κ1) is 16.6. The number of carbonyl (C=O) groups excluding carboxylic acids is 1. The molecule has 0 aliphatic rings. The largest absolute Gasteiger partial charge is 0.378 e. The normalized spacial score (nSPS) is 10.4. The molecule has 1 heterocycles. The molecule has 1 N–H and O–H groups in total. The molecule has 1 aromatic heterocycles. The number of anilines is 2. The van der Waals surface area contributed by atoms with Gasteiger partial charge in [-0.05, 0) is 43.3 Å². The predicted molar refractivity (Wildman–Crippen MR) is 101 cm³/mol. The van der Waals surface area contributed by atoms with Crippen LogP contribution in [0.2, 0.25) is 0 Å². The van der Waals surface area contributed by atoms with Crippen molar-refractivity contribution in [2.24, 2.45) is 0 Å². The van der Waals surface area contributed by atoms with E-state index in [0.717, 1.165) is 22.6 Å². The minimum absolute atomic E-state index is 0.139. The molecule has 0 saturated carbocycles. The van der Waals surface area contributed by atoms with E-state index in [4.69, 9.17) is 0 Å². The minimum atomic E-state index is -0.139. The second-order valence-electron chi connectivity index (χ2n) is 5.97. The maximum atomic E-state index is 12.5. The number of nitrogens with one attached hydrogen (secondary N) is 1. The number of aromatic nitrogens is 2. The average molecular weight is 332 g/mol. The van der Waals surface area contributed by atoms with Gasteiger partial charge in [0, 0.05) is 42.8 Å². The molecule has 0 spiro atoms. The Hall–Kier alpha value is -3.21. The van der Waals surface area contributed by atoms with Gasteiger partial charge in [0.15, 0.2) is 0 Å².